The summed E-state index contributed by atoms with van der Waals surface area (Å²) in [7, 11) is 0. The number of benzene rings is 2. The molecule has 7 heteroatoms. The van der Waals surface area contributed by atoms with E-state index in [0.29, 0.717) is 44.4 Å². The number of fused-ring (bicyclic) bond motifs is 1. The van der Waals surface area contributed by atoms with Gasteiger partial charge in [0.1, 0.15) is 12.3 Å². The Bertz CT molecular complexity index is 1190. The standard InChI is InChI=1S/C28H32N2O5/c31-24-10-8-21(9-11-24)25-16-22-6-7-23(28(33)35-19-20-4-2-1-3-5-20)17-26(22)30(25)18-27(32)29-12-14-34-15-13-29/h6-11,16-17,20,31H,1-5,12-15,18-19H2. The average molecular weight is 477 g/mol. The van der Waals surface area contributed by atoms with Crippen LogP contribution in [0.2, 0.25) is 0 Å². The van der Waals surface area contributed by atoms with E-state index in [-0.39, 0.29) is 24.2 Å². The third-order valence-electron chi connectivity index (χ3n) is 7.14. The SMILES string of the molecule is O=C(OCC1CCCCC1)c1ccc2cc(-c3ccc(O)cc3)n(CC(=O)N3CCOCC3)c2c1. The molecule has 1 saturated heterocycles. The molecule has 2 heterocycles. The Kier molecular flexibility index (Phi) is 7.04. The molecule has 2 fully saturated rings. The number of esters is 1. The summed E-state index contributed by atoms with van der Waals surface area (Å²) in [6, 6.07) is 14.5. The highest BCUT2D eigenvalue weighted by Crippen LogP contribution is 2.31. The average Bonchev–Trinajstić information content (AvgIpc) is 3.26. The number of carbonyl (C=O) groups is 2. The molecule has 1 aliphatic heterocycles. The fraction of sp³-hybridized carbons (Fsp3) is 0.429. The highest BCUT2D eigenvalue weighted by molar-refractivity contribution is 5.97. The molecule has 1 aromatic heterocycles. The van der Waals surface area contributed by atoms with Crippen molar-refractivity contribution in [1.29, 1.82) is 0 Å². The summed E-state index contributed by atoms with van der Waals surface area (Å²) in [5.41, 5.74) is 3.04. The molecule has 2 aromatic carbocycles. The molecule has 1 saturated carbocycles. The fourth-order valence-corrected chi connectivity index (χ4v) is 5.10. The van der Waals surface area contributed by atoms with E-state index in [0.717, 1.165) is 35.0 Å². The van der Waals surface area contributed by atoms with Crippen molar-refractivity contribution in [2.24, 2.45) is 5.92 Å². The largest absolute Gasteiger partial charge is 0.508 e. The van der Waals surface area contributed by atoms with Crippen LogP contribution in [0.5, 0.6) is 5.75 Å². The highest BCUT2D eigenvalue weighted by atomic mass is 16.5. The quantitative estimate of drug-likeness (QED) is 0.526. The Labute approximate surface area is 205 Å². The molecule has 184 valence electrons. The minimum atomic E-state index is -0.323. The number of hydrogen-bond acceptors (Lipinski definition) is 5. The number of aromatic nitrogens is 1. The zero-order valence-corrected chi connectivity index (χ0v) is 19.9. The van der Waals surface area contributed by atoms with Crippen LogP contribution in [0.1, 0.15) is 42.5 Å². The monoisotopic (exact) mass is 476 g/mol. The van der Waals surface area contributed by atoms with E-state index in [1.165, 1.54) is 19.3 Å². The Hall–Kier alpha value is -3.32. The number of nitrogens with zero attached hydrogens (tertiary/aromatic N) is 2. The highest BCUT2D eigenvalue weighted by Gasteiger charge is 2.22. The minimum absolute atomic E-state index is 0.0103. The van der Waals surface area contributed by atoms with Crippen molar-refractivity contribution >= 4 is 22.8 Å². The van der Waals surface area contributed by atoms with E-state index >= 15 is 0 Å². The molecule has 5 rings (SSSR count). The van der Waals surface area contributed by atoms with Gasteiger partial charge in [-0.1, -0.05) is 25.3 Å². The second kappa shape index (κ2) is 10.5. The van der Waals surface area contributed by atoms with Crippen LogP contribution < -0.4 is 0 Å². The maximum absolute atomic E-state index is 13.2. The summed E-state index contributed by atoms with van der Waals surface area (Å²) in [4.78, 5) is 27.9. The number of rotatable bonds is 6. The summed E-state index contributed by atoms with van der Waals surface area (Å²) >= 11 is 0. The Morgan fingerprint density at radius 2 is 1.71 bits per heavy atom. The summed E-state index contributed by atoms with van der Waals surface area (Å²) < 4.78 is 13.0. The first-order chi connectivity index (χ1) is 17.1. The maximum Gasteiger partial charge on any atom is 0.338 e. The molecular formula is C28H32N2O5. The number of morpholine rings is 1. The lowest BCUT2D eigenvalue weighted by molar-refractivity contribution is -0.135. The number of ether oxygens (including phenoxy) is 2. The van der Waals surface area contributed by atoms with Gasteiger partial charge >= 0.3 is 5.97 Å². The van der Waals surface area contributed by atoms with Gasteiger partial charge in [-0.05, 0) is 66.8 Å². The first-order valence-corrected chi connectivity index (χ1v) is 12.5. The summed E-state index contributed by atoms with van der Waals surface area (Å²) in [6.45, 7) is 2.85. The van der Waals surface area contributed by atoms with Crippen molar-refractivity contribution < 1.29 is 24.2 Å². The lowest BCUT2D eigenvalue weighted by Gasteiger charge is -2.27. The van der Waals surface area contributed by atoms with E-state index in [2.05, 4.69) is 0 Å². The molecule has 35 heavy (non-hydrogen) atoms. The third-order valence-corrected chi connectivity index (χ3v) is 7.14. The van der Waals surface area contributed by atoms with Gasteiger partial charge in [0.05, 0.1) is 25.4 Å². The minimum Gasteiger partial charge on any atom is -0.508 e. The van der Waals surface area contributed by atoms with Crippen LogP contribution in [0.15, 0.2) is 48.5 Å². The molecule has 0 spiro atoms. The predicted octanol–water partition coefficient (Wildman–Crippen LogP) is 4.61. The summed E-state index contributed by atoms with van der Waals surface area (Å²) in [6.07, 6.45) is 5.92. The van der Waals surface area contributed by atoms with Gasteiger partial charge in [0.25, 0.3) is 0 Å². The molecule has 0 bridgehead atoms. The van der Waals surface area contributed by atoms with Crippen LogP contribution >= 0.6 is 0 Å². The normalized spacial score (nSPS) is 17.0. The van der Waals surface area contributed by atoms with Crippen LogP contribution in [0, 0.1) is 5.92 Å². The molecule has 1 aliphatic carbocycles. The number of hydrogen-bond donors (Lipinski definition) is 1. The number of phenolic OH excluding ortho intramolecular Hbond substituents is 1. The molecule has 7 nitrogen and oxygen atoms in total. The van der Waals surface area contributed by atoms with Gasteiger partial charge in [0.2, 0.25) is 5.91 Å². The molecular weight excluding hydrogens is 444 g/mol. The Morgan fingerprint density at radius 1 is 0.971 bits per heavy atom. The van der Waals surface area contributed by atoms with Gasteiger partial charge in [-0.3, -0.25) is 4.79 Å². The second-order valence-corrected chi connectivity index (χ2v) is 9.53. The van der Waals surface area contributed by atoms with Crippen LogP contribution in [0.25, 0.3) is 22.2 Å². The molecule has 3 aromatic rings. The summed E-state index contributed by atoms with van der Waals surface area (Å²) in [5, 5.41) is 10.7. The zero-order valence-electron chi connectivity index (χ0n) is 19.9. The molecule has 0 unspecified atom stereocenters. The Balaban J connectivity index is 1.45. The topological polar surface area (TPSA) is 81.0 Å². The van der Waals surface area contributed by atoms with E-state index in [4.69, 9.17) is 9.47 Å². The van der Waals surface area contributed by atoms with Gasteiger partial charge in [0, 0.05) is 29.7 Å². The smallest absolute Gasteiger partial charge is 0.338 e. The fourth-order valence-electron chi connectivity index (χ4n) is 5.10. The van der Waals surface area contributed by atoms with Crippen molar-refractivity contribution in [3.05, 3.63) is 54.1 Å². The molecule has 0 radical (unpaired) electrons. The maximum atomic E-state index is 13.2. The molecule has 2 aliphatic rings. The number of amides is 1. The van der Waals surface area contributed by atoms with Crippen molar-refractivity contribution in [3.8, 4) is 17.0 Å². The predicted molar refractivity (Wildman–Crippen MR) is 133 cm³/mol. The molecule has 1 amide bonds. The van der Waals surface area contributed by atoms with Crippen LogP contribution in [0.4, 0.5) is 0 Å². The van der Waals surface area contributed by atoms with Gasteiger partial charge in [0.15, 0.2) is 0 Å². The van der Waals surface area contributed by atoms with Crippen molar-refractivity contribution in [2.45, 2.75) is 38.6 Å². The molecule has 0 atom stereocenters. The lowest BCUT2D eigenvalue weighted by atomic mass is 9.90. The van der Waals surface area contributed by atoms with E-state index in [1.807, 2.05) is 39.8 Å². The second-order valence-electron chi connectivity index (χ2n) is 9.53. The zero-order chi connectivity index (χ0) is 24.2. The van der Waals surface area contributed by atoms with Gasteiger partial charge < -0.3 is 24.0 Å². The third kappa shape index (κ3) is 5.35. The van der Waals surface area contributed by atoms with Gasteiger partial charge in [-0.2, -0.15) is 0 Å². The summed E-state index contributed by atoms with van der Waals surface area (Å²) in [5.74, 6) is 0.323. The first kappa shape index (κ1) is 23.4. The van der Waals surface area contributed by atoms with E-state index in [9.17, 15) is 14.7 Å². The number of carbonyl (C=O) groups excluding carboxylic acids is 2. The van der Waals surface area contributed by atoms with Crippen molar-refractivity contribution in [2.75, 3.05) is 32.9 Å². The van der Waals surface area contributed by atoms with Crippen LogP contribution in [-0.4, -0.2) is 59.4 Å². The number of phenols is 1. The Morgan fingerprint density at radius 3 is 2.46 bits per heavy atom. The van der Waals surface area contributed by atoms with Crippen molar-refractivity contribution in [3.63, 3.8) is 0 Å². The number of aromatic hydroxyl groups is 1. The lowest BCUT2D eigenvalue weighted by Crippen LogP contribution is -2.42. The van der Waals surface area contributed by atoms with Gasteiger partial charge in [-0.15, -0.1) is 0 Å². The van der Waals surface area contributed by atoms with E-state index in [1.54, 1.807) is 18.2 Å². The van der Waals surface area contributed by atoms with Gasteiger partial charge in [-0.25, -0.2) is 4.79 Å². The van der Waals surface area contributed by atoms with Crippen LogP contribution in [-0.2, 0) is 20.8 Å². The molecule has 1 N–H and O–H groups in total. The van der Waals surface area contributed by atoms with Crippen molar-refractivity contribution in [1.82, 2.24) is 9.47 Å². The first-order valence-electron chi connectivity index (χ1n) is 12.5. The van der Waals surface area contributed by atoms with Crippen LogP contribution in [0.3, 0.4) is 0 Å². The van der Waals surface area contributed by atoms with E-state index < -0.39 is 0 Å².